The first kappa shape index (κ1) is 11.9. The van der Waals surface area contributed by atoms with Crippen LogP contribution in [0.2, 0.25) is 0 Å². The number of carbonyl (C=O) groups excluding carboxylic acids is 1. The lowest BCUT2D eigenvalue weighted by atomic mass is 9.91. The molecule has 1 aliphatic carbocycles. The summed E-state index contributed by atoms with van der Waals surface area (Å²) < 4.78 is 5.29. The number of fused-ring (bicyclic) bond motifs is 1. The molecule has 3 aliphatic rings. The molecule has 3 fully saturated rings. The molecule has 18 heavy (non-hydrogen) atoms. The second-order valence-corrected chi connectivity index (χ2v) is 5.66. The Morgan fingerprint density at radius 1 is 1.39 bits per heavy atom. The Bertz CT molecular complexity index is 386. The van der Waals surface area contributed by atoms with Crippen LogP contribution in [0.5, 0.6) is 0 Å². The van der Waals surface area contributed by atoms with Crippen LogP contribution in [0.15, 0.2) is 0 Å². The van der Waals surface area contributed by atoms with Gasteiger partial charge < -0.3 is 15.4 Å². The van der Waals surface area contributed by atoms with Crippen LogP contribution in [0.25, 0.3) is 0 Å². The summed E-state index contributed by atoms with van der Waals surface area (Å²) in [7, 11) is 0. The largest absolute Gasteiger partial charge is 0.381 e. The van der Waals surface area contributed by atoms with Crippen LogP contribution >= 0.6 is 0 Å². The van der Waals surface area contributed by atoms with Crippen molar-refractivity contribution >= 4 is 5.91 Å². The highest BCUT2D eigenvalue weighted by Gasteiger charge is 2.55. The Morgan fingerprint density at radius 2 is 2.11 bits per heavy atom. The van der Waals surface area contributed by atoms with Crippen molar-refractivity contribution in [2.24, 2.45) is 17.6 Å². The zero-order chi connectivity index (χ0) is 12.7. The van der Waals surface area contributed by atoms with E-state index in [1.165, 1.54) is 0 Å². The third-order valence-corrected chi connectivity index (χ3v) is 4.57. The molecule has 2 heterocycles. The molecule has 0 bridgehead atoms. The molecule has 0 aromatic rings. The van der Waals surface area contributed by atoms with Crippen LogP contribution in [0.4, 0.5) is 0 Å². The van der Waals surface area contributed by atoms with E-state index in [0.717, 1.165) is 25.7 Å². The second kappa shape index (κ2) is 4.52. The van der Waals surface area contributed by atoms with Crippen molar-refractivity contribution in [2.75, 3.05) is 13.2 Å². The van der Waals surface area contributed by atoms with Crippen LogP contribution in [-0.4, -0.2) is 42.1 Å². The van der Waals surface area contributed by atoms with Crippen molar-refractivity contribution in [3.05, 3.63) is 0 Å². The number of nitrogens with zero attached hydrogens (tertiary/aromatic N) is 2. The summed E-state index contributed by atoms with van der Waals surface area (Å²) in [5.74, 6) is 0.752. The molecule has 2 N–H and O–H groups in total. The number of hydrogen-bond donors (Lipinski definition) is 1. The van der Waals surface area contributed by atoms with Gasteiger partial charge in [-0.2, -0.15) is 5.26 Å². The fourth-order valence-electron chi connectivity index (χ4n) is 3.34. The summed E-state index contributed by atoms with van der Waals surface area (Å²) in [6, 6.07) is 1.84. The third kappa shape index (κ3) is 1.90. The normalized spacial score (nSPS) is 36.9. The van der Waals surface area contributed by atoms with Gasteiger partial charge in [0.05, 0.1) is 12.1 Å². The molecule has 5 heteroatoms. The first-order chi connectivity index (χ1) is 8.72. The summed E-state index contributed by atoms with van der Waals surface area (Å²) in [6.45, 7) is 1.39. The van der Waals surface area contributed by atoms with Gasteiger partial charge in [-0.25, -0.2) is 0 Å². The predicted molar refractivity (Wildman–Crippen MR) is 64.3 cm³/mol. The fraction of sp³-hybridized carbons (Fsp3) is 0.846. The second-order valence-electron chi connectivity index (χ2n) is 5.66. The summed E-state index contributed by atoms with van der Waals surface area (Å²) in [5.41, 5.74) is 6.11. The number of nitriles is 1. The first-order valence-corrected chi connectivity index (χ1v) is 6.77. The van der Waals surface area contributed by atoms with Crippen LogP contribution in [0.1, 0.15) is 25.7 Å². The summed E-state index contributed by atoms with van der Waals surface area (Å²) in [4.78, 5) is 14.2. The molecule has 98 valence electrons. The van der Waals surface area contributed by atoms with E-state index >= 15 is 0 Å². The van der Waals surface area contributed by atoms with E-state index in [9.17, 15) is 4.79 Å². The molecule has 2 unspecified atom stereocenters. The van der Waals surface area contributed by atoms with Crippen LogP contribution in [0.3, 0.4) is 0 Å². The molecule has 1 amide bonds. The van der Waals surface area contributed by atoms with Gasteiger partial charge in [-0.3, -0.25) is 4.79 Å². The lowest BCUT2D eigenvalue weighted by Crippen LogP contribution is -2.51. The molecule has 3 rings (SSSR count). The van der Waals surface area contributed by atoms with Crippen LogP contribution in [0, 0.1) is 23.2 Å². The number of carbonyl (C=O) groups is 1. The quantitative estimate of drug-likeness (QED) is 0.761. The number of hydrogen-bond acceptors (Lipinski definition) is 4. The Labute approximate surface area is 107 Å². The minimum Gasteiger partial charge on any atom is -0.381 e. The standard InChI is InChI=1S/C13H19N3O2/c14-7-10-5-9-6-11(9)16(10)13(17)12(15)8-1-3-18-4-2-8/h8-12H,1-6,15H2/t9-,10+,11?,12?/m1/s1. The van der Waals surface area contributed by atoms with Crippen LogP contribution in [-0.2, 0) is 9.53 Å². The minimum atomic E-state index is -0.455. The van der Waals surface area contributed by atoms with Gasteiger partial charge in [-0.05, 0) is 37.5 Å². The molecule has 4 atom stereocenters. The maximum absolute atomic E-state index is 12.5. The molecule has 2 saturated heterocycles. The molecule has 5 nitrogen and oxygen atoms in total. The Morgan fingerprint density at radius 3 is 2.78 bits per heavy atom. The SMILES string of the molecule is N#C[C@@H]1C[C@@H]2CC2N1C(=O)C(N)C1CCOCC1. The lowest BCUT2D eigenvalue weighted by molar-refractivity contribution is -0.135. The van der Waals surface area contributed by atoms with Crippen molar-refractivity contribution in [1.82, 2.24) is 4.90 Å². The van der Waals surface area contributed by atoms with Gasteiger partial charge in [0, 0.05) is 19.3 Å². The van der Waals surface area contributed by atoms with E-state index in [4.69, 9.17) is 15.7 Å². The van der Waals surface area contributed by atoms with E-state index < -0.39 is 6.04 Å². The van der Waals surface area contributed by atoms with Gasteiger partial charge >= 0.3 is 0 Å². The first-order valence-electron chi connectivity index (χ1n) is 6.77. The van der Waals surface area contributed by atoms with E-state index in [2.05, 4.69) is 6.07 Å². The molecule has 0 spiro atoms. The molecule has 0 radical (unpaired) electrons. The smallest absolute Gasteiger partial charge is 0.241 e. The highest BCUT2D eigenvalue weighted by atomic mass is 16.5. The number of amides is 1. The Balaban J connectivity index is 1.68. The number of rotatable bonds is 2. The summed E-state index contributed by atoms with van der Waals surface area (Å²) in [5, 5.41) is 9.11. The van der Waals surface area contributed by atoms with Gasteiger partial charge in [0.15, 0.2) is 0 Å². The number of likely N-dealkylation sites (tertiary alicyclic amines) is 1. The average molecular weight is 249 g/mol. The molecule has 0 aromatic carbocycles. The van der Waals surface area contributed by atoms with Crippen LogP contribution < -0.4 is 5.73 Å². The van der Waals surface area contributed by atoms with Crippen molar-refractivity contribution < 1.29 is 9.53 Å². The van der Waals surface area contributed by atoms with Crippen molar-refractivity contribution in [3.8, 4) is 6.07 Å². The van der Waals surface area contributed by atoms with E-state index in [-0.39, 0.29) is 17.9 Å². The van der Waals surface area contributed by atoms with E-state index in [1.807, 2.05) is 0 Å². The maximum Gasteiger partial charge on any atom is 0.241 e. The van der Waals surface area contributed by atoms with Gasteiger partial charge in [0.2, 0.25) is 5.91 Å². The summed E-state index contributed by atoms with van der Waals surface area (Å²) >= 11 is 0. The number of ether oxygens (including phenoxy) is 1. The molecular formula is C13H19N3O2. The fourth-order valence-corrected chi connectivity index (χ4v) is 3.34. The van der Waals surface area contributed by atoms with E-state index in [0.29, 0.717) is 25.2 Å². The molecule has 1 saturated carbocycles. The lowest BCUT2D eigenvalue weighted by Gasteiger charge is -2.31. The van der Waals surface area contributed by atoms with Crippen molar-refractivity contribution in [2.45, 2.75) is 43.8 Å². The maximum atomic E-state index is 12.5. The number of nitrogens with two attached hydrogens (primary N) is 1. The van der Waals surface area contributed by atoms with Gasteiger partial charge in [0.1, 0.15) is 6.04 Å². The van der Waals surface area contributed by atoms with Gasteiger partial charge in [-0.15, -0.1) is 0 Å². The minimum absolute atomic E-state index is 0.0153. The average Bonchev–Trinajstić information content (AvgIpc) is 3.09. The molecular weight excluding hydrogens is 230 g/mol. The highest BCUT2D eigenvalue weighted by Crippen LogP contribution is 2.48. The van der Waals surface area contributed by atoms with Gasteiger partial charge in [-0.1, -0.05) is 0 Å². The topological polar surface area (TPSA) is 79.4 Å². The van der Waals surface area contributed by atoms with Crippen molar-refractivity contribution in [3.63, 3.8) is 0 Å². The molecule has 2 aliphatic heterocycles. The van der Waals surface area contributed by atoms with Crippen molar-refractivity contribution in [1.29, 1.82) is 5.26 Å². The van der Waals surface area contributed by atoms with E-state index in [1.54, 1.807) is 4.90 Å². The zero-order valence-corrected chi connectivity index (χ0v) is 10.4. The Kier molecular flexibility index (Phi) is 3.00. The monoisotopic (exact) mass is 249 g/mol. The zero-order valence-electron chi connectivity index (χ0n) is 10.4. The highest BCUT2D eigenvalue weighted by molar-refractivity contribution is 5.83. The summed E-state index contributed by atoms with van der Waals surface area (Å²) in [6.07, 6.45) is 3.61. The Hall–Kier alpha value is -1.12. The number of piperidine rings is 1. The van der Waals surface area contributed by atoms with Gasteiger partial charge in [0.25, 0.3) is 0 Å². The predicted octanol–water partition coefficient (Wildman–Crippen LogP) is 0.253. The molecule has 0 aromatic heterocycles. The third-order valence-electron chi connectivity index (χ3n) is 4.57.